The molecule has 6 heteroatoms. The molecule has 0 bridgehead atoms. The highest BCUT2D eigenvalue weighted by Crippen LogP contribution is 2.16. The van der Waals surface area contributed by atoms with Crippen LogP contribution < -0.4 is 5.48 Å². The fraction of sp³-hybridized carbons (Fsp3) is 0.429. The average molecular weight is 203 g/mol. The van der Waals surface area contributed by atoms with E-state index in [1.54, 1.807) is 33.5 Å². The summed E-state index contributed by atoms with van der Waals surface area (Å²) in [4.78, 5) is 4.89. The monoisotopic (exact) mass is 203 g/mol. The Bertz CT molecular complexity index is 216. The minimum atomic E-state index is -2.74. The summed E-state index contributed by atoms with van der Waals surface area (Å²) in [6.07, 6.45) is 5.06. The van der Waals surface area contributed by atoms with Gasteiger partial charge in [-0.15, -0.1) is 0 Å². The second kappa shape index (κ2) is 4.42. The predicted molar refractivity (Wildman–Crippen MR) is 48.2 cm³/mol. The lowest BCUT2D eigenvalue weighted by Crippen LogP contribution is -2.50. The van der Waals surface area contributed by atoms with Crippen LogP contribution in [0.4, 0.5) is 0 Å². The van der Waals surface area contributed by atoms with Crippen molar-refractivity contribution in [1.29, 1.82) is 0 Å². The van der Waals surface area contributed by atoms with Crippen molar-refractivity contribution >= 4 is 8.80 Å². The van der Waals surface area contributed by atoms with Crippen LogP contribution in [0.1, 0.15) is 0 Å². The summed E-state index contributed by atoms with van der Waals surface area (Å²) >= 11 is 0. The highest BCUT2D eigenvalue weighted by molar-refractivity contribution is 6.68. The molecule has 0 aromatic rings. The molecule has 0 atom stereocenters. The van der Waals surface area contributed by atoms with E-state index in [-0.39, 0.29) is 0 Å². The van der Waals surface area contributed by atoms with Gasteiger partial charge in [0.2, 0.25) is 0 Å². The molecule has 1 aliphatic heterocycles. The summed E-state index contributed by atoms with van der Waals surface area (Å²) in [5, 5.41) is 0.683. The van der Waals surface area contributed by atoms with Crippen LogP contribution in [0.25, 0.3) is 0 Å². The van der Waals surface area contributed by atoms with Gasteiger partial charge in [0.05, 0.1) is 0 Å². The summed E-state index contributed by atoms with van der Waals surface area (Å²) < 4.78 is 15.7. The first kappa shape index (κ1) is 10.3. The Hall–Kier alpha value is -0.823. The topological polar surface area (TPSA) is 49.0 Å². The molecule has 0 saturated heterocycles. The van der Waals surface area contributed by atoms with Gasteiger partial charge in [-0.3, -0.25) is 0 Å². The summed E-state index contributed by atoms with van der Waals surface area (Å²) in [6, 6.07) is 0. The van der Waals surface area contributed by atoms with Crippen molar-refractivity contribution in [1.82, 2.24) is 5.48 Å². The van der Waals surface area contributed by atoms with Gasteiger partial charge in [-0.2, -0.15) is 0 Å². The lowest BCUT2D eigenvalue weighted by molar-refractivity contribution is 0.105. The molecule has 0 unspecified atom stereocenters. The van der Waals surface area contributed by atoms with Crippen molar-refractivity contribution in [2.24, 2.45) is 0 Å². The average Bonchev–Trinajstić information content (AvgIpc) is 2.23. The first-order chi connectivity index (χ1) is 6.29. The minimum Gasteiger partial charge on any atom is -0.390 e. The van der Waals surface area contributed by atoms with Crippen LogP contribution >= 0.6 is 0 Å². The second-order valence-electron chi connectivity index (χ2n) is 2.30. The van der Waals surface area contributed by atoms with E-state index in [1.165, 1.54) is 6.26 Å². The molecule has 1 rings (SSSR count). The van der Waals surface area contributed by atoms with Crippen molar-refractivity contribution in [3.8, 4) is 0 Å². The quantitative estimate of drug-likeness (QED) is 0.667. The number of hydroxylamine groups is 1. The molecular formula is C7H13NO4Si. The van der Waals surface area contributed by atoms with Gasteiger partial charge < -0.3 is 18.1 Å². The summed E-state index contributed by atoms with van der Waals surface area (Å²) in [5.74, 6) is 0. The normalized spacial score (nSPS) is 16.1. The SMILES string of the molecule is CO[Si](OC)(OC)C1=CC=CON1. The largest absolute Gasteiger partial charge is 0.556 e. The molecule has 0 spiro atoms. The van der Waals surface area contributed by atoms with E-state index in [9.17, 15) is 0 Å². The molecule has 74 valence electrons. The maximum absolute atomic E-state index is 5.23. The Kier molecular flexibility index (Phi) is 3.49. The van der Waals surface area contributed by atoms with Crippen LogP contribution in [0.15, 0.2) is 23.7 Å². The van der Waals surface area contributed by atoms with Crippen LogP contribution in [0.3, 0.4) is 0 Å². The number of hydrogen-bond donors (Lipinski definition) is 1. The van der Waals surface area contributed by atoms with Crippen LogP contribution in [-0.2, 0) is 18.1 Å². The molecule has 1 N–H and O–H groups in total. The van der Waals surface area contributed by atoms with E-state index in [2.05, 4.69) is 5.48 Å². The van der Waals surface area contributed by atoms with Crippen LogP contribution in [0.2, 0.25) is 0 Å². The Labute approximate surface area is 78.3 Å². The third-order valence-corrected chi connectivity index (χ3v) is 4.26. The van der Waals surface area contributed by atoms with Gasteiger partial charge in [0.15, 0.2) is 0 Å². The molecule has 0 fully saturated rings. The predicted octanol–water partition coefficient (Wildman–Crippen LogP) is 0.336. The number of hydrogen-bond acceptors (Lipinski definition) is 5. The molecule has 0 saturated carbocycles. The smallest absolute Gasteiger partial charge is 0.390 e. The Morgan fingerprint density at radius 3 is 2.23 bits per heavy atom. The zero-order valence-corrected chi connectivity index (χ0v) is 8.87. The highest BCUT2D eigenvalue weighted by atomic mass is 28.4. The van der Waals surface area contributed by atoms with Gasteiger partial charge in [-0.05, 0) is 12.2 Å². The van der Waals surface area contributed by atoms with E-state index in [1.807, 2.05) is 0 Å². The van der Waals surface area contributed by atoms with Crippen molar-refractivity contribution in [2.45, 2.75) is 0 Å². The fourth-order valence-corrected chi connectivity index (χ4v) is 2.69. The standard InChI is InChI=1S/C7H13NO4Si/c1-9-13(10-2,11-3)7-5-4-6-12-8-7/h4-6,8H,1-3H3. The fourth-order valence-electron chi connectivity index (χ4n) is 1.05. The molecule has 0 aliphatic carbocycles. The van der Waals surface area contributed by atoms with Gasteiger partial charge in [0.25, 0.3) is 0 Å². The Morgan fingerprint density at radius 1 is 1.23 bits per heavy atom. The molecule has 0 aromatic heterocycles. The molecule has 5 nitrogen and oxygen atoms in total. The summed E-state index contributed by atoms with van der Waals surface area (Å²) in [7, 11) is 1.88. The van der Waals surface area contributed by atoms with E-state index in [0.29, 0.717) is 5.32 Å². The summed E-state index contributed by atoms with van der Waals surface area (Å²) in [5.41, 5.74) is 2.67. The Morgan fingerprint density at radius 2 is 1.85 bits per heavy atom. The first-order valence-corrected chi connectivity index (χ1v) is 5.46. The Balaban J connectivity index is 2.85. The van der Waals surface area contributed by atoms with Gasteiger partial charge in [0.1, 0.15) is 11.6 Å². The van der Waals surface area contributed by atoms with Gasteiger partial charge in [-0.25, -0.2) is 5.48 Å². The van der Waals surface area contributed by atoms with Gasteiger partial charge in [-0.1, -0.05) is 0 Å². The van der Waals surface area contributed by atoms with Gasteiger partial charge >= 0.3 is 8.80 Å². The lowest BCUT2D eigenvalue weighted by atomic mass is 10.6. The molecule has 13 heavy (non-hydrogen) atoms. The number of nitrogens with one attached hydrogen (secondary N) is 1. The van der Waals surface area contributed by atoms with E-state index < -0.39 is 8.80 Å². The van der Waals surface area contributed by atoms with Gasteiger partial charge in [0, 0.05) is 21.3 Å². The zero-order valence-electron chi connectivity index (χ0n) is 7.87. The minimum absolute atomic E-state index is 0.683. The molecule has 1 aliphatic rings. The maximum atomic E-state index is 5.23. The van der Waals surface area contributed by atoms with E-state index in [4.69, 9.17) is 18.1 Å². The molecule has 0 radical (unpaired) electrons. The molecule has 0 aromatic carbocycles. The number of rotatable bonds is 4. The maximum Gasteiger partial charge on any atom is 0.556 e. The summed E-state index contributed by atoms with van der Waals surface area (Å²) in [6.45, 7) is 0. The highest BCUT2D eigenvalue weighted by Gasteiger charge is 2.44. The van der Waals surface area contributed by atoms with Crippen LogP contribution in [-0.4, -0.2) is 30.1 Å². The third-order valence-electron chi connectivity index (χ3n) is 1.71. The molecular weight excluding hydrogens is 190 g/mol. The van der Waals surface area contributed by atoms with Crippen molar-refractivity contribution < 1.29 is 18.1 Å². The lowest BCUT2D eigenvalue weighted by Gasteiger charge is -2.27. The second-order valence-corrected chi connectivity index (χ2v) is 5.17. The van der Waals surface area contributed by atoms with Crippen molar-refractivity contribution in [3.63, 3.8) is 0 Å². The first-order valence-electron chi connectivity index (χ1n) is 3.73. The molecule has 1 heterocycles. The van der Waals surface area contributed by atoms with E-state index in [0.717, 1.165) is 0 Å². The number of allylic oxidation sites excluding steroid dienone is 2. The van der Waals surface area contributed by atoms with Crippen molar-refractivity contribution in [3.05, 3.63) is 23.7 Å². The van der Waals surface area contributed by atoms with Crippen molar-refractivity contribution in [2.75, 3.05) is 21.3 Å². The van der Waals surface area contributed by atoms with E-state index >= 15 is 0 Å². The third kappa shape index (κ3) is 1.91. The van der Waals surface area contributed by atoms with Crippen LogP contribution in [0.5, 0.6) is 0 Å². The molecule has 0 amide bonds. The zero-order chi connectivity index (χ0) is 9.73. The van der Waals surface area contributed by atoms with Crippen LogP contribution in [0, 0.1) is 0 Å².